The topological polar surface area (TPSA) is 110 Å². The summed E-state index contributed by atoms with van der Waals surface area (Å²) >= 11 is 0. The average Bonchev–Trinajstić information content (AvgIpc) is 1.53. The van der Waals surface area contributed by atoms with E-state index in [1.165, 1.54) is 13.8 Å². The first kappa shape index (κ1) is 9.40. The summed E-state index contributed by atoms with van der Waals surface area (Å²) in [6, 6.07) is 0. The maximum Gasteiger partial charge on any atom is 0.216 e. The van der Waals surface area contributed by atoms with E-state index in [0.717, 1.165) is 0 Å². The van der Waals surface area contributed by atoms with Crippen LogP contribution in [0.4, 0.5) is 0 Å². The second-order valence-corrected chi connectivity index (χ2v) is 2.36. The SMILES string of the molecule is CC(C)(N[N+](=O)[O-])N[N+](=O)[O-]. The van der Waals surface area contributed by atoms with E-state index in [-0.39, 0.29) is 0 Å². The van der Waals surface area contributed by atoms with Gasteiger partial charge in [-0.2, -0.15) is 0 Å². The third-order valence-electron chi connectivity index (χ3n) is 0.742. The molecule has 8 nitrogen and oxygen atoms in total. The molecular formula is C3H8N4O4. The molecule has 0 radical (unpaired) electrons. The lowest BCUT2D eigenvalue weighted by molar-refractivity contribution is -0.607. The van der Waals surface area contributed by atoms with Crippen LogP contribution in [0.15, 0.2) is 0 Å². The van der Waals surface area contributed by atoms with Crippen LogP contribution in [0.3, 0.4) is 0 Å². The van der Waals surface area contributed by atoms with Gasteiger partial charge < -0.3 is 0 Å². The molecule has 0 saturated heterocycles. The minimum absolute atomic E-state index is 0.851. The normalized spacial score (nSPS) is 10.4. The van der Waals surface area contributed by atoms with Gasteiger partial charge >= 0.3 is 0 Å². The van der Waals surface area contributed by atoms with Crippen molar-refractivity contribution in [3.63, 3.8) is 0 Å². The Morgan fingerprint density at radius 1 is 1.09 bits per heavy atom. The van der Waals surface area contributed by atoms with Gasteiger partial charge in [-0.1, -0.05) is 0 Å². The number of rotatable bonds is 4. The van der Waals surface area contributed by atoms with E-state index in [1.54, 1.807) is 10.9 Å². The third kappa shape index (κ3) is 4.88. The summed E-state index contributed by atoms with van der Waals surface area (Å²) in [6.45, 7) is 2.55. The van der Waals surface area contributed by atoms with Crippen LogP contribution in [0, 0.1) is 20.2 Å². The summed E-state index contributed by atoms with van der Waals surface area (Å²) in [6.07, 6.45) is 0. The lowest BCUT2D eigenvalue weighted by Crippen LogP contribution is -2.56. The summed E-state index contributed by atoms with van der Waals surface area (Å²) in [7, 11) is 0. The molecule has 0 bridgehead atoms. The minimum Gasteiger partial charge on any atom is -0.235 e. The highest BCUT2D eigenvalue weighted by Gasteiger charge is 2.27. The maximum atomic E-state index is 9.83. The van der Waals surface area contributed by atoms with Gasteiger partial charge in [-0.3, -0.25) is 0 Å². The molecule has 0 heterocycles. The highest BCUT2D eigenvalue weighted by Crippen LogP contribution is 1.94. The molecule has 0 amide bonds. The molecule has 0 aliphatic heterocycles. The van der Waals surface area contributed by atoms with Gasteiger partial charge in [-0.25, -0.2) is 20.2 Å². The highest BCUT2D eigenvalue weighted by molar-refractivity contribution is 4.62. The minimum atomic E-state index is -1.35. The average molecular weight is 164 g/mol. The van der Waals surface area contributed by atoms with E-state index in [1.807, 2.05) is 0 Å². The Labute approximate surface area is 61.8 Å². The number of nitrogens with zero attached hydrogens (tertiary/aromatic N) is 2. The van der Waals surface area contributed by atoms with Gasteiger partial charge in [0.2, 0.25) is 5.66 Å². The molecule has 0 unspecified atom stereocenters. The molecule has 0 aromatic rings. The van der Waals surface area contributed by atoms with Crippen LogP contribution >= 0.6 is 0 Å². The summed E-state index contributed by atoms with van der Waals surface area (Å²) < 4.78 is 0. The first-order valence-corrected chi connectivity index (χ1v) is 2.68. The second kappa shape index (κ2) is 2.99. The number of nitro groups is 2. The van der Waals surface area contributed by atoms with Crippen LogP contribution in [-0.2, 0) is 0 Å². The van der Waals surface area contributed by atoms with E-state index in [4.69, 9.17) is 0 Å². The van der Waals surface area contributed by atoms with Crippen molar-refractivity contribution in [1.82, 2.24) is 10.9 Å². The van der Waals surface area contributed by atoms with Crippen molar-refractivity contribution in [2.24, 2.45) is 0 Å². The molecule has 0 fully saturated rings. The molecule has 0 aliphatic rings. The highest BCUT2D eigenvalue weighted by atomic mass is 16.7. The molecule has 0 atom stereocenters. The van der Waals surface area contributed by atoms with Gasteiger partial charge in [0.1, 0.15) is 0 Å². The van der Waals surface area contributed by atoms with Gasteiger partial charge in [0.15, 0.2) is 10.1 Å². The molecule has 0 saturated carbocycles. The van der Waals surface area contributed by atoms with Crippen LogP contribution in [-0.4, -0.2) is 15.7 Å². The van der Waals surface area contributed by atoms with Gasteiger partial charge in [-0.05, 0) is 13.8 Å². The molecule has 11 heavy (non-hydrogen) atoms. The van der Waals surface area contributed by atoms with E-state index in [2.05, 4.69) is 0 Å². The lowest BCUT2D eigenvalue weighted by Gasteiger charge is -2.15. The number of hydrogen-bond donors (Lipinski definition) is 2. The molecule has 0 spiro atoms. The predicted molar refractivity (Wildman–Crippen MR) is 34.3 cm³/mol. The Morgan fingerprint density at radius 3 is 1.55 bits per heavy atom. The Balaban J connectivity index is 3.99. The standard InChI is InChI=1S/C3H8N4O4/c1-3(2,4-6(8)9)5-7(10)11/h4-5H,1-2H3. The largest absolute Gasteiger partial charge is 0.235 e. The van der Waals surface area contributed by atoms with Crippen molar-refractivity contribution in [2.45, 2.75) is 19.5 Å². The number of hydrazine groups is 2. The van der Waals surface area contributed by atoms with Crippen molar-refractivity contribution in [2.75, 3.05) is 0 Å². The van der Waals surface area contributed by atoms with Crippen molar-refractivity contribution < 1.29 is 10.1 Å². The van der Waals surface area contributed by atoms with E-state index < -0.39 is 15.7 Å². The molecule has 2 N–H and O–H groups in total. The van der Waals surface area contributed by atoms with E-state index >= 15 is 0 Å². The zero-order chi connectivity index (χ0) is 9.07. The first-order valence-electron chi connectivity index (χ1n) is 2.68. The fourth-order valence-corrected chi connectivity index (χ4v) is 0.481. The zero-order valence-electron chi connectivity index (χ0n) is 6.03. The van der Waals surface area contributed by atoms with Crippen LogP contribution in [0.2, 0.25) is 0 Å². The molecule has 8 heteroatoms. The predicted octanol–water partition coefficient (Wildman–Crippen LogP) is -0.715. The first-order chi connectivity index (χ1) is 4.83. The summed E-state index contributed by atoms with van der Waals surface area (Å²) in [5.41, 5.74) is 2.09. The van der Waals surface area contributed by atoms with Crippen LogP contribution in [0.25, 0.3) is 0 Å². The number of hydrogen-bond acceptors (Lipinski definition) is 4. The fraction of sp³-hybridized carbons (Fsp3) is 1.00. The molecule has 0 aliphatic carbocycles. The molecular weight excluding hydrogens is 156 g/mol. The molecule has 0 rings (SSSR count). The Morgan fingerprint density at radius 2 is 1.36 bits per heavy atom. The van der Waals surface area contributed by atoms with Gasteiger partial charge in [0, 0.05) is 0 Å². The second-order valence-electron chi connectivity index (χ2n) is 2.36. The Kier molecular flexibility index (Phi) is 2.56. The van der Waals surface area contributed by atoms with Crippen LogP contribution < -0.4 is 10.9 Å². The third-order valence-corrected chi connectivity index (χ3v) is 0.742. The maximum absolute atomic E-state index is 9.83. The molecule has 0 aromatic heterocycles. The lowest BCUT2D eigenvalue weighted by atomic mass is 10.3. The van der Waals surface area contributed by atoms with Crippen molar-refractivity contribution in [3.8, 4) is 0 Å². The quantitative estimate of drug-likeness (QED) is 0.322. The fourth-order valence-electron chi connectivity index (χ4n) is 0.481. The smallest absolute Gasteiger partial charge is 0.216 e. The van der Waals surface area contributed by atoms with Crippen LogP contribution in [0.5, 0.6) is 0 Å². The summed E-state index contributed by atoms with van der Waals surface area (Å²) in [5.74, 6) is 0. The monoisotopic (exact) mass is 164 g/mol. The van der Waals surface area contributed by atoms with Crippen molar-refractivity contribution in [1.29, 1.82) is 0 Å². The Bertz CT molecular complexity index is 160. The summed E-state index contributed by atoms with van der Waals surface area (Å²) in [4.78, 5) is 19.7. The number of nitrogens with one attached hydrogen (secondary N) is 2. The zero-order valence-corrected chi connectivity index (χ0v) is 6.03. The van der Waals surface area contributed by atoms with Crippen LogP contribution in [0.1, 0.15) is 13.8 Å². The van der Waals surface area contributed by atoms with Gasteiger partial charge in [0.05, 0.1) is 0 Å². The molecule has 64 valence electrons. The van der Waals surface area contributed by atoms with Crippen molar-refractivity contribution >= 4 is 0 Å². The van der Waals surface area contributed by atoms with Crippen molar-refractivity contribution in [3.05, 3.63) is 20.2 Å². The Hall–Kier alpha value is -1.60. The van der Waals surface area contributed by atoms with Gasteiger partial charge in [0.25, 0.3) is 0 Å². The van der Waals surface area contributed by atoms with Gasteiger partial charge in [-0.15, -0.1) is 10.9 Å². The molecule has 0 aromatic carbocycles. The summed E-state index contributed by atoms with van der Waals surface area (Å²) in [5, 5.41) is 18.0. The van der Waals surface area contributed by atoms with E-state index in [0.29, 0.717) is 0 Å². The van der Waals surface area contributed by atoms with E-state index in [9.17, 15) is 20.2 Å².